The molecule has 0 fully saturated rings. The maximum atomic E-state index is 7.89. The summed E-state index contributed by atoms with van der Waals surface area (Å²) in [6.07, 6.45) is 3.69. The topological polar surface area (TPSA) is 48.8 Å². The summed E-state index contributed by atoms with van der Waals surface area (Å²) in [4.78, 5) is 2.63. The molecule has 3 nitrogen and oxygen atoms in total. The molecule has 0 aromatic heterocycles. The summed E-state index contributed by atoms with van der Waals surface area (Å²) in [6, 6.07) is -0.00926. The molecule has 3 heteroatoms. The van der Waals surface area contributed by atoms with Crippen molar-refractivity contribution in [3.8, 4) is 0 Å². The Hall–Kier alpha value is -0.950. The van der Waals surface area contributed by atoms with Crippen LogP contribution in [-0.4, -0.2) is 6.04 Å². The molecule has 1 atom stereocenters. The van der Waals surface area contributed by atoms with Crippen LogP contribution in [0, 0.1) is 0 Å². The Morgan fingerprint density at radius 2 is 2.38 bits per heavy atom. The van der Waals surface area contributed by atoms with E-state index in [-0.39, 0.29) is 6.04 Å². The van der Waals surface area contributed by atoms with E-state index in [2.05, 4.69) is 10.0 Å². The molecule has 0 bridgehead atoms. The number of rotatable bonds is 2. The third-order valence-corrected chi connectivity index (χ3v) is 0.705. The second-order valence-electron chi connectivity index (χ2n) is 1.47. The van der Waals surface area contributed by atoms with Gasteiger partial charge >= 0.3 is 0 Å². The van der Waals surface area contributed by atoms with Gasteiger partial charge in [0.05, 0.1) is 6.04 Å². The first-order chi connectivity index (χ1) is 3.81. The minimum atomic E-state index is -0.00926. The lowest BCUT2D eigenvalue weighted by atomic mass is 10.3. The van der Waals surface area contributed by atoms with Crippen LogP contribution in [-0.2, 0) is 0 Å². The predicted octanol–water partition coefficient (Wildman–Crippen LogP) is 2.26. The molecule has 1 unspecified atom stereocenters. The molecule has 0 N–H and O–H groups in total. The SMILES string of the molecule is C/C=C\C(C)N=[N+]=[N-]. The normalized spacial score (nSPS) is 13.2. The highest BCUT2D eigenvalue weighted by atomic mass is 15.1. The molecule has 0 amide bonds. The van der Waals surface area contributed by atoms with E-state index in [1.165, 1.54) is 0 Å². The van der Waals surface area contributed by atoms with Crippen LogP contribution in [0.3, 0.4) is 0 Å². The zero-order valence-electron chi connectivity index (χ0n) is 5.07. The van der Waals surface area contributed by atoms with E-state index in [1.807, 2.05) is 26.0 Å². The van der Waals surface area contributed by atoms with Crippen molar-refractivity contribution in [3.05, 3.63) is 22.6 Å². The van der Waals surface area contributed by atoms with Crippen LogP contribution in [0.25, 0.3) is 10.4 Å². The zero-order valence-corrected chi connectivity index (χ0v) is 5.07. The second-order valence-corrected chi connectivity index (χ2v) is 1.47. The minimum absolute atomic E-state index is 0.00926. The van der Waals surface area contributed by atoms with Crippen molar-refractivity contribution < 1.29 is 0 Å². The van der Waals surface area contributed by atoms with E-state index in [9.17, 15) is 0 Å². The molecular formula is C5H9N3. The van der Waals surface area contributed by atoms with E-state index in [0.717, 1.165) is 0 Å². The quantitative estimate of drug-likeness (QED) is 0.227. The van der Waals surface area contributed by atoms with Crippen LogP contribution in [0.15, 0.2) is 17.3 Å². The first-order valence-corrected chi connectivity index (χ1v) is 2.48. The smallest absolute Gasteiger partial charge is 0.0526 e. The predicted molar refractivity (Wildman–Crippen MR) is 33.4 cm³/mol. The van der Waals surface area contributed by atoms with Gasteiger partial charge in [0.25, 0.3) is 0 Å². The third kappa shape index (κ3) is 3.25. The molecule has 0 aromatic rings. The third-order valence-electron chi connectivity index (χ3n) is 0.705. The average molecular weight is 111 g/mol. The lowest BCUT2D eigenvalue weighted by Crippen LogP contribution is -1.86. The summed E-state index contributed by atoms with van der Waals surface area (Å²) in [5.74, 6) is 0. The fraction of sp³-hybridized carbons (Fsp3) is 0.600. The Balaban J connectivity index is 3.64. The number of allylic oxidation sites excluding steroid dienone is 1. The Morgan fingerprint density at radius 1 is 1.75 bits per heavy atom. The van der Waals surface area contributed by atoms with Crippen LogP contribution in [0.2, 0.25) is 0 Å². The molecule has 0 saturated heterocycles. The fourth-order valence-electron chi connectivity index (χ4n) is 0.398. The minimum Gasteiger partial charge on any atom is -0.0913 e. The van der Waals surface area contributed by atoms with E-state index < -0.39 is 0 Å². The van der Waals surface area contributed by atoms with Crippen molar-refractivity contribution in [1.82, 2.24) is 0 Å². The zero-order chi connectivity index (χ0) is 6.41. The monoisotopic (exact) mass is 111 g/mol. The van der Waals surface area contributed by atoms with Gasteiger partial charge in [0.2, 0.25) is 0 Å². The second kappa shape index (κ2) is 4.22. The van der Waals surface area contributed by atoms with Gasteiger partial charge in [-0.1, -0.05) is 24.2 Å². The highest BCUT2D eigenvalue weighted by molar-refractivity contribution is 4.87. The maximum Gasteiger partial charge on any atom is 0.0526 e. The van der Waals surface area contributed by atoms with E-state index in [1.54, 1.807) is 0 Å². The van der Waals surface area contributed by atoms with Gasteiger partial charge in [0, 0.05) is 4.91 Å². The number of azide groups is 1. The summed E-state index contributed by atoms with van der Waals surface area (Å²) in [7, 11) is 0. The number of hydrogen-bond donors (Lipinski definition) is 0. The van der Waals surface area contributed by atoms with E-state index in [4.69, 9.17) is 5.53 Å². The largest absolute Gasteiger partial charge is 0.0913 e. The van der Waals surface area contributed by atoms with Crippen molar-refractivity contribution in [1.29, 1.82) is 0 Å². The van der Waals surface area contributed by atoms with Gasteiger partial charge in [-0.05, 0) is 12.5 Å². The molecule has 44 valence electrons. The number of hydrogen-bond acceptors (Lipinski definition) is 1. The molecule has 0 heterocycles. The summed E-state index contributed by atoms with van der Waals surface area (Å²) in [5, 5.41) is 3.41. The maximum absolute atomic E-state index is 7.89. The average Bonchev–Trinajstić information content (AvgIpc) is 1.68. The molecule has 0 saturated carbocycles. The molecular weight excluding hydrogens is 102 g/mol. The van der Waals surface area contributed by atoms with Gasteiger partial charge in [-0.3, -0.25) is 0 Å². The highest BCUT2D eigenvalue weighted by Crippen LogP contribution is 1.89. The molecule has 0 aromatic carbocycles. The van der Waals surface area contributed by atoms with E-state index >= 15 is 0 Å². The molecule has 0 radical (unpaired) electrons. The summed E-state index contributed by atoms with van der Waals surface area (Å²) >= 11 is 0. The summed E-state index contributed by atoms with van der Waals surface area (Å²) in [6.45, 7) is 3.73. The Kier molecular flexibility index (Phi) is 3.71. The van der Waals surface area contributed by atoms with Gasteiger partial charge in [-0.2, -0.15) is 0 Å². The van der Waals surface area contributed by atoms with Crippen LogP contribution < -0.4 is 0 Å². The fourth-order valence-corrected chi connectivity index (χ4v) is 0.398. The highest BCUT2D eigenvalue weighted by Gasteiger charge is 1.84. The molecule has 0 spiro atoms. The van der Waals surface area contributed by atoms with Crippen molar-refractivity contribution in [2.75, 3.05) is 0 Å². The molecule has 0 rings (SSSR count). The van der Waals surface area contributed by atoms with Crippen molar-refractivity contribution in [2.45, 2.75) is 19.9 Å². The van der Waals surface area contributed by atoms with Crippen molar-refractivity contribution in [2.24, 2.45) is 5.11 Å². The standard InChI is InChI=1S/C5H9N3/c1-3-4-5(2)7-8-6/h3-5H,1-2H3/b4-3-. The van der Waals surface area contributed by atoms with E-state index in [0.29, 0.717) is 0 Å². The first kappa shape index (κ1) is 7.05. The Bertz CT molecular complexity index is 122. The van der Waals surface area contributed by atoms with Gasteiger partial charge in [-0.15, -0.1) is 0 Å². The van der Waals surface area contributed by atoms with Gasteiger partial charge in [0.15, 0.2) is 0 Å². The molecule has 0 aliphatic carbocycles. The Labute approximate surface area is 48.6 Å². The summed E-state index contributed by atoms with van der Waals surface area (Å²) < 4.78 is 0. The lowest BCUT2D eigenvalue weighted by molar-refractivity contribution is 0.909. The van der Waals surface area contributed by atoms with Crippen molar-refractivity contribution >= 4 is 0 Å². The van der Waals surface area contributed by atoms with Gasteiger partial charge in [0.1, 0.15) is 0 Å². The molecule has 0 aliphatic heterocycles. The molecule has 0 aliphatic rings. The summed E-state index contributed by atoms with van der Waals surface area (Å²) in [5.41, 5.74) is 7.89. The Morgan fingerprint density at radius 3 is 2.75 bits per heavy atom. The van der Waals surface area contributed by atoms with Crippen LogP contribution in [0.4, 0.5) is 0 Å². The first-order valence-electron chi connectivity index (χ1n) is 2.48. The van der Waals surface area contributed by atoms with Crippen LogP contribution >= 0.6 is 0 Å². The number of nitrogens with zero attached hydrogens (tertiary/aromatic N) is 3. The van der Waals surface area contributed by atoms with Gasteiger partial charge in [-0.25, -0.2) is 0 Å². The van der Waals surface area contributed by atoms with Gasteiger partial charge < -0.3 is 0 Å². The lowest BCUT2D eigenvalue weighted by Gasteiger charge is -1.88. The van der Waals surface area contributed by atoms with Crippen LogP contribution in [0.5, 0.6) is 0 Å². The van der Waals surface area contributed by atoms with Crippen LogP contribution in [0.1, 0.15) is 13.8 Å². The molecule has 8 heavy (non-hydrogen) atoms. The van der Waals surface area contributed by atoms with Crippen molar-refractivity contribution in [3.63, 3.8) is 0 Å².